The van der Waals surface area contributed by atoms with Crippen LogP contribution < -0.4 is 0 Å². The van der Waals surface area contributed by atoms with Crippen molar-refractivity contribution < 1.29 is 9.53 Å². The van der Waals surface area contributed by atoms with Crippen molar-refractivity contribution >= 4 is 20.6 Å². The Morgan fingerprint density at radius 3 is 1.26 bits per heavy atom. The molecule has 0 spiro atoms. The molecule has 0 N–H and O–H groups in total. The Balaban J connectivity index is 4.01. The molecule has 0 fully saturated rings. The van der Waals surface area contributed by atoms with Gasteiger partial charge in [0.2, 0.25) is 0 Å². The van der Waals surface area contributed by atoms with Crippen LogP contribution in [0.4, 0.5) is 0 Å². The summed E-state index contributed by atoms with van der Waals surface area (Å²) in [6.45, 7) is 4.53. The van der Waals surface area contributed by atoms with E-state index in [0.29, 0.717) is 6.42 Å². The van der Waals surface area contributed by atoms with Crippen molar-refractivity contribution in [1.82, 2.24) is 0 Å². The summed E-state index contributed by atoms with van der Waals surface area (Å²) >= 11 is -0.646. The summed E-state index contributed by atoms with van der Waals surface area (Å²) in [6, 6.07) is 0. The third-order valence-electron chi connectivity index (χ3n) is 8.74. The maximum atomic E-state index is 12.6. The molecule has 0 aromatic carbocycles. The Hall–Kier alpha value is -1.01. The Labute approximate surface area is 294 Å². The number of carbonyl (C=O) groups excluding carboxylic acids is 1. The molecule has 0 aliphatic heterocycles. The molecule has 0 saturated carbocycles. The second-order valence-corrected chi connectivity index (χ2v) is 19.2. The summed E-state index contributed by atoms with van der Waals surface area (Å²) in [7, 11) is 0. The van der Waals surface area contributed by atoms with Crippen molar-refractivity contribution in [3.05, 3.63) is 48.6 Å². The topological polar surface area (TPSA) is 26.3 Å². The first-order valence-corrected chi connectivity index (χ1v) is 25.1. The van der Waals surface area contributed by atoms with Gasteiger partial charge in [0.25, 0.3) is 0 Å². The molecule has 3 heteroatoms. The van der Waals surface area contributed by atoms with E-state index in [-0.39, 0.29) is 12.1 Å². The van der Waals surface area contributed by atoms with Crippen LogP contribution >= 0.6 is 0 Å². The molecule has 0 unspecified atom stereocenters. The van der Waals surface area contributed by atoms with Crippen LogP contribution in [0.25, 0.3) is 0 Å². The van der Waals surface area contributed by atoms with E-state index in [1.54, 1.807) is 0 Å². The van der Waals surface area contributed by atoms with Gasteiger partial charge in [-0.25, -0.2) is 0 Å². The zero-order chi connectivity index (χ0) is 33.6. The van der Waals surface area contributed by atoms with Gasteiger partial charge in [-0.2, -0.15) is 0 Å². The van der Waals surface area contributed by atoms with Crippen LogP contribution in [-0.2, 0) is 9.53 Å². The van der Waals surface area contributed by atoms with Gasteiger partial charge in [0.15, 0.2) is 0 Å². The van der Waals surface area contributed by atoms with E-state index in [1.807, 2.05) is 0 Å². The van der Waals surface area contributed by atoms with Crippen molar-refractivity contribution in [3.8, 4) is 0 Å². The van der Waals surface area contributed by atoms with Crippen LogP contribution in [0.15, 0.2) is 48.6 Å². The van der Waals surface area contributed by atoms with Gasteiger partial charge in [-0.05, 0) is 64.2 Å². The van der Waals surface area contributed by atoms with Crippen molar-refractivity contribution in [3.63, 3.8) is 0 Å². The summed E-state index contributed by atoms with van der Waals surface area (Å²) < 4.78 is 6.03. The third kappa shape index (κ3) is 37.4. The molecular weight excluding hydrogens is 623 g/mol. The normalized spacial score (nSPS) is 13.0. The number of ether oxygens (including phenoxy) is 1. The number of allylic oxidation sites excluding steroid dienone is 8. The van der Waals surface area contributed by atoms with Gasteiger partial charge in [-0.3, -0.25) is 0 Å². The fourth-order valence-electron chi connectivity index (χ4n) is 5.77. The Kier molecular flexibility index (Phi) is 37.6. The molecule has 0 amide bonds. The zero-order valence-electron chi connectivity index (χ0n) is 31.5. The molecule has 0 aliphatic carbocycles. The predicted octanol–water partition coefficient (Wildman–Crippen LogP) is 14.8. The predicted molar refractivity (Wildman–Crippen MR) is 209 cm³/mol. The van der Waals surface area contributed by atoms with Crippen molar-refractivity contribution in [2.75, 3.05) is 0 Å². The Bertz CT molecular complexity index is 687. The first kappa shape index (κ1) is 45.0. The molecule has 268 valence electrons. The number of hydrogen-bond acceptors (Lipinski definition) is 2. The number of esters is 1. The quantitative estimate of drug-likeness (QED) is 0.0284. The van der Waals surface area contributed by atoms with Crippen LogP contribution in [0.2, 0.25) is 16.6 Å². The Morgan fingerprint density at radius 2 is 0.870 bits per heavy atom. The molecule has 0 radical (unpaired) electrons. The molecule has 0 atom stereocenters. The van der Waals surface area contributed by atoms with Gasteiger partial charge >= 0.3 is 143 Å². The van der Waals surface area contributed by atoms with Crippen LogP contribution in [0.1, 0.15) is 194 Å². The maximum absolute atomic E-state index is 12.6. The molecule has 0 rings (SSSR count). The van der Waals surface area contributed by atoms with E-state index >= 15 is 0 Å². The van der Waals surface area contributed by atoms with E-state index in [4.69, 9.17) is 4.74 Å². The van der Waals surface area contributed by atoms with Gasteiger partial charge in [-0.15, -0.1) is 0 Å². The number of carbonyl (C=O) groups is 1. The van der Waals surface area contributed by atoms with E-state index in [0.717, 1.165) is 32.1 Å². The second kappa shape index (κ2) is 38.4. The van der Waals surface area contributed by atoms with Gasteiger partial charge in [-0.1, -0.05) is 88.1 Å². The third-order valence-corrected chi connectivity index (χ3v) is 11.3. The molecule has 0 aromatic rings. The zero-order valence-corrected chi connectivity index (χ0v) is 33.3. The SMILES string of the molecule is CCCCCC=CCC=CCCCCCCCCC(CCCCCCCCC=CCC=CCCCCC)OC(=O)CCC[As](C)C. The molecule has 0 saturated heterocycles. The van der Waals surface area contributed by atoms with Gasteiger partial charge in [0.1, 0.15) is 0 Å². The van der Waals surface area contributed by atoms with E-state index in [1.165, 1.54) is 146 Å². The average Bonchev–Trinajstić information content (AvgIpc) is 3.04. The van der Waals surface area contributed by atoms with Gasteiger partial charge < -0.3 is 0 Å². The second-order valence-electron chi connectivity index (χ2n) is 13.8. The summed E-state index contributed by atoms with van der Waals surface area (Å²) in [4.78, 5) is 12.6. The Morgan fingerprint density at radius 1 is 0.500 bits per heavy atom. The molecular formula is C43H79AsO2. The molecule has 0 aliphatic rings. The number of rotatable bonds is 35. The minimum atomic E-state index is -0.646. The summed E-state index contributed by atoms with van der Waals surface area (Å²) in [5.74, 6) is 0.0564. The standard InChI is InChI=1S/C43H79AsO2/c1-5-7-9-11-13-15-17-19-21-23-25-27-29-31-33-35-38-42(46-43(45)40-37-41-44(3)4)39-36-34-32-30-28-26-24-22-20-18-16-14-12-10-8-6-2/h13-16,19-22,42H,5-12,17-18,23-41H2,1-4H3. The summed E-state index contributed by atoms with van der Waals surface area (Å²) in [5, 5.41) is 1.25. The van der Waals surface area contributed by atoms with Crippen LogP contribution in [-0.4, -0.2) is 26.7 Å². The average molecular weight is 703 g/mol. The molecule has 0 heterocycles. The number of hydrogen-bond donors (Lipinski definition) is 0. The van der Waals surface area contributed by atoms with E-state index in [9.17, 15) is 4.79 Å². The van der Waals surface area contributed by atoms with Gasteiger partial charge in [0.05, 0.1) is 0 Å². The van der Waals surface area contributed by atoms with Crippen LogP contribution in [0.5, 0.6) is 0 Å². The fourth-order valence-corrected chi connectivity index (χ4v) is 7.43. The fraction of sp³-hybridized carbons (Fsp3) is 0.791. The minimum absolute atomic E-state index is 0.0564. The van der Waals surface area contributed by atoms with Crippen molar-refractivity contribution in [2.24, 2.45) is 0 Å². The van der Waals surface area contributed by atoms with Crippen LogP contribution in [0.3, 0.4) is 0 Å². The summed E-state index contributed by atoms with van der Waals surface area (Å²) in [6.07, 6.45) is 53.2. The first-order chi connectivity index (χ1) is 22.6. The number of unbranched alkanes of at least 4 members (excludes halogenated alkanes) is 18. The molecule has 2 nitrogen and oxygen atoms in total. The monoisotopic (exact) mass is 703 g/mol. The molecule has 46 heavy (non-hydrogen) atoms. The first-order valence-electron chi connectivity index (χ1n) is 20.0. The summed E-state index contributed by atoms with van der Waals surface area (Å²) in [5.41, 5.74) is 4.75. The van der Waals surface area contributed by atoms with E-state index in [2.05, 4.69) is 73.9 Å². The van der Waals surface area contributed by atoms with Crippen molar-refractivity contribution in [2.45, 2.75) is 216 Å². The molecule has 0 aromatic heterocycles. The van der Waals surface area contributed by atoms with Crippen molar-refractivity contribution in [1.29, 1.82) is 0 Å². The van der Waals surface area contributed by atoms with Crippen LogP contribution in [0, 0.1) is 0 Å². The molecule has 0 bridgehead atoms. The van der Waals surface area contributed by atoms with E-state index < -0.39 is 14.7 Å². The van der Waals surface area contributed by atoms with Gasteiger partial charge in [0, 0.05) is 0 Å².